The molecule has 2 amide bonds. The number of carbonyl (C=O) groups excluding carboxylic acids is 3. The SMILES string of the molecule is CC(=O)c1ccc(OCC(=O)Nc2ccc(C(=O)NCC(C)C)cc2)cc1. The van der Waals surface area contributed by atoms with Gasteiger partial charge in [0.1, 0.15) is 5.75 Å². The summed E-state index contributed by atoms with van der Waals surface area (Å²) in [7, 11) is 0. The van der Waals surface area contributed by atoms with Gasteiger partial charge in [-0.05, 0) is 61.4 Å². The molecule has 0 aromatic heterocycles. The summed E-state index contributed by atoms with van der Waals surface area (Å²) in [4.78, 5) is 35.2. The molecule has 0 bridgehead atoms. The Bertz CT molecular complexity index is 796. The van der Waals surface area contributed by atoms with E-state index in [-0.39, 0.29) is 24.2 Å². The molecular formula is C21H24N2O4. The third kappa shape index (κ3) is 6.58. The number of benzene rings is 2. The Morgan fingerprint density at radius 3 is 2.07 bits per heavy atom. The Balaban J connectivity index is 1.83. The van der Waals surface area contributed by atoms with E-state index in [0.717, 1.165) is 0 Å². The van der Waals surface area contributed by atoms with Crippen LogP contribution in [0, 0.1) is 5.92 Å². The number of anilines is 1. The smallest absolute Gasteiger partial charge is 0.262 e. The molecule has 6 nitrogen and oxygen atoms in total. The number of amides is 2. The molecule has 27 heavy (non-hydrogen) atoms. The zero-order valence-corrected chi connectivity index (χ0v) is 15.7. The van der Waals surface area contributed by atoms with Crippen molar-refractivity contribution in [2.75, 3.05) is 18.5 Å². The summed E-state index contributed by atoms with van der Waals surface area (Å²) in [5.41, 5.74) is 1.70. The van der Waals surface area contributed by atoms with Gasteiger partial charge in [0.2, 0.25) is 0 Å². The van der Waals surface area contributed by atoms with Crippen LogP contribution < -0.4 is 15.4 Å². The zero-order chi connectivity index (χ0) is 19.8. The van der Waals surface area contributed by atoms with Crippen molar-refractivity contribution in [2.45, 2.75) is 20.8 Å². The van der Waals surface area contributed by atoms with Crippen molar-refractivity contribution in [1.82, 2.24) is 5.32 Å². The van der Waals surface area contributed by atoms with E-state index in [1.54, 1.807) is 48.5 Å². The average Bonchev–Trinajstić information content (AvgIpc) is 2.65. The molecule has 0 saturated heterocycles. The highest BCUT2D eigenvalue weighted by molar-refractivity contribution is 5.96. The van der Waals surface area contributed by atoms with Crippen molar-refractivity contribution in [3.8, 4) is 5.75 Å². The minimum atomic E-state index is -0.317. The van der Waals surface area contributed by atoms with Crippen molar-refractivity contribution in [1.29, 1.82) is 0 Å². The first-order valence-electron chi connectivity index (χ1n) is 8.77. The Labute approximate surface area is 158 Å². The largest absolute Gasteiger partial charge is 0.484 e. The van der Waals surface area contributed by atoms with Gasteiger partial charge < -0.3 is 15.4 Å². The maximum atomic E-state index is 12.0. The Kier molecular flexibility index (Phi) is 7.11. The molecule has 0 aliphatic carbocycles. The van der Waals surface area contributed by atoms with E-state index in [1.165, 1.54) is 6.92 Å². The maximum Gasteiger partial charge on any atom is 0.262 e. The van der Waals surface area contributed by atoms with Crippen molar-refractivity contribution >= 4 is 23.3 Å². The first-order chi connectivity index (χ1) is 12.8. The molecule has 0 fully saturated rings. The second-order valence-electron chi connectivity index (χ2n) is 6.60. The van der Waals surface area contributed by atoms with Crippen molar-refractivity contribution in [3.05, 3.63) is 59.7 Å². The van der Waals surface area contributed by atoms with E-state index < -0.39 is 0 Å². The average molecular weight is 368 g/mol. The van der Waals surface area contributed by atoms with Crippen LogP contribution in [0.15, 0.2) is 48.5 Å². The number of hydrogen-bond donors (Lipinski definition) is 2. The van der Waals surface area contributed by atoms with Gasteiger partial charge in [0, 0.05) is 23.4 Å². The van der Waals surface area contributed by atoms with Crippen LogP contribution in [0.1, 0.15) is 41.5 Å². The van der Waals surface area contributed by atoms with Crippen molar-refractivity contribution in [3.63, 3.8) is 0 Å². The number of rotatable bonds is 8. The predicted octanol–water partition coefficient (Wildman–Crippen LogP) is 3.29. The molecule has 0 spiro atoms. The molecule has 0 saturated carbocycles. The first-order valence-corrected chi connectivity index (χ1v) is 8.77. The second-order valence-corrected chi connectivity index (χ2v) is 6.60. The molecule has 0 atom stereocenters. The van der Waals surface area contributed by atoms with E-state index in [9.17, 15) is 14.4 Å². The fourth-order valence-corrected chi connectivity index (χ4v) is 2.24. The van der Waals surface area contributed by atoms with Gasteiger partial charge in [-0.2, -0.15) is 0 Å². The third-order valence-electron chi connectivity index (χ3n) is 3.73. The molecule has 2 aromatic carbocycles. The van der Waals surface area contributed by atoms with Gasteiger partial charge in [-0.25, -0.2) is 0 Å². The molecule has 142 valence electrons. The Morgan fingerprint density at radius 2 is 1.52 bits per heavy atom. The lowest BCUT2D eigenvalue weighted by atomic mass is 10.1. The molecule has 0 aliphatic rings. The van der Waals surface area contributed by atoms with Crippen LogP contribution in [-0.4, -0.2) is 30.7 Å². The summed E-state index contributed by atoms with van der Waals surface area (Å²) in [5, 5.41) is 5.55. The van der Waals surface area contributed by atoms with Gasteiger partial charge in [-0.1, -0.05) is 13.8 Å². The lowest BCUT2D eigenvalue weighted by Crippen LogP contribution is -2.27. The van der Waals surface area contributed by atoms with Crippen molar-refractivity contribution in [2.24, 2.45) is 5.92 Å². The Hall–Kier alpha value is -3.15. The van der Waals surface area contributed by atoms with E-state index in [0.29, 0.717) is 35.0 Å². The molecule has 0 heterocycles. The molecular weight excluding hydrogens is 344 g/mol. The topological polar surface area (TPSA) is 84.5 Å². The van der Waals surface area contributed by atoms with Gasteiger partial charge in [0.25, 0.3) is 11.8 Å². The minimum absolute atomic E-state index is 0.0272. The molecule has 0 radical (unpaired) electrons. The van der Waals surface area contributed by atoms with Crippen LogP contribution in [0.2, 0.25) is 0 Å². The van der Waals surface area contributed by atoms with E-state index >= 15 is 0 Å². The molecule has 2 N–H and O–H groups in total. The second kappa shape index (κ2) is 9.52. The molecule has 0 aliphatic heterocycles. The summed E-state index contributed by atoms with van der Waals surface area (Å²) >= 11 is 0. The van der Waals surface area contributed by atoms with Gasteiger partial charge in [0.15, 0.2) is 12.4 Å². The highest BCUT2D eigenvalue weighted by Gasteiger charge is 2.08. The maximum absolute atomic E-state index is 12.0. The lowest BCUT2D eigenvalue weighted by molar-refractivity contribution is -0.118. The Morgan fingerprint density at radius 1 is 0.926 bits per heavy atom. The van der Waals surface area contributed by atoms with Crippen LogP contribution in [-0.2, 0) is 4.79 Å². The number of ketones is 1. The van der Waals surface area contributed by atoms with Crippen LogP contribution in [0.5, 0.6) is 5.75 Å². The van der Waals surface area contributed by atoms with Crippen LogP contribution in [0.4, 0.5) is 5.69 Å². The summed E-state index contributed by atoms with van der Waals surface area (Å²) in [6, 6.07) is 13.3. The van der Waals surface area contributed by atoms with E-state index in [4.69, 9.17) is 4.74 Å². The van der Waals surface area contributed by atoms with Gasteiger partial charge in [0.05, 0.1) is 0 Å². The monoisotopic (exact) mass is 368 g/mol. The van der Waals surface area contributed by atoms with Gasteiger partial charge in [-0.3, -0.25) is 14.4 Å². The highest BCUT2D eigenvalue weighted by atomic mass is 16.5. The number of carbonyl (C=O) groups is 3. The zero-order valence-electron chi connectivity index (χ0n) is 15.7. The fourth-order valence-electron chi connectivity index (χ4n) is 2.24. The summed E-state index contributed by atoms with van der Waals surface area (Å²) in [6.07, 6.45) is 0. The normalized spacial score (nSPS) is 10.4. The van der Waals surface area contributed by atoms with E-state index in [1.807, 2.05) is 13.8 Å². The number of ether oxygens (including phenoxy) is 1. The van der Waals surface area contributed by atoms with Crippen LogP contribution in [0.3, 0.4) is 0 Å². The molecule has 6 heteroatoms. The van der Waals surface area contributed by atoms with Crippen LogP contribution in [0.25, 0.3) is 0 Å². The van der Waals surface area contributed by atoms with Gasteiger partial charge in [-0.15, -0.1) is 0 Å². The third-order valence-corrected chi connectivity index (χ3v) is 3.73. The highest BCUT2D eigenvalue weighted by Crippen LogP contribution is 2.13. The lowest BCUT2D eigenvalue weighted by Gasteiger charge is -2.10. The first kappa shape index (κ1) is 20.2. The quantitative estimate of drug-likeness (QED) is 0.700. The van der Waals surface area contributed by atoms with Gasteiger partial charge >= 0.3 is 0 Å². The standard InChI is InChI=1S/C21H24N2O4/c1-14(2)12-22-21(26)17-4-8-18(9-5-17)23-20(25)13-27-19-10-6-16(7-11-19)15(3)24/h4-11,14H,12-13H2,1-3H3,(H,22,26)(H,23,25). The van der Waals surface area contributed by atoms with Crippen molar-refractivity contribution < 1.29 is 19.1 Å². The molecule has 2 aromatic rings. The fraction of sp³-hybridized carbons (Fsp3) is 0.286. The summed E-state index contributed by atoms with van der Waals surface area (Å²) < 4.78 is 5.40. The molecule has 2 rings (SSSR count). The van der Waals surface area contributed by atoms with E-state index in [2.05, 4.69) is 10.6 Å². The summed E-state index contributed by atoms with van der Waals surface area (Å²) in [5.74, 6) is 0.403. The number of nitrogens with one attached hydrogen (secondary N) is 2. The van der Waals surface area contributed by atoms with Crippen LogP contribution >= 0.6 is 0 Å². The predicted molar refractivity (Wildman–Crippen MR) is 104 cm³/mol. The minimum Gasteiger partial charge on any atom is -0.484 e. The summed E-state index contributed by atoms with van der Waals surface area (Å²) in [6.45, 7) is 6.00. The number of Topliss-reactive ketones (excluding diaryl/α,β-unsaturated/α-hetero) is 1. The molecule has 0 unspecified atom stereocenters. The number of hydrogen-bond acceptors (Lipinski definition) is 4.